The van der Waals surface area contributed by atoms with E-state index in [4.69, 9.17) is 0 Å². The van der Waals surface area contributed by atoms with Crippen LogP contribution in [0.2, 0.25) is 0 Å². The van der Waals surface area contributed by atoms with E-state index in [1.54, 1.807) is 30.1 Å². The quantitative estimate of drug-likeness (QED) is 0.806. The monoisotopic (exact) mass is 403 g/mol. The lowest BCUT2D eigenvalue weighted by Gasteiger charge is -2.31. The maximum absolute atomic E-state index is 12.7. The Hall–Kier alpha value is -2.12. The normalized spacial score (nSPS) is 17.4. The number of carbonyl (C=O) groups excluding carboxylic acids is 1. The van der Waals surface area contributed by atoms with Gasteiger partial charge in [0.25, 0.3) is 0 Å². The highest BCUT2D eigenvalue weighted by Crippen LogP contribution is 2.25. The molecule has 0 bridgehead atoms. The van der Waals surface area contributed by atoms with Gasteiger partial charge in [-0.05, 0) is 43.4 Å². The van der Waals surface area contributed by atoms with Crippen LogP contribution in [0.4, 0.5) is 0 Å². The third kappa shape index (κ3) is 4.47. The molecule has 3 rings (SSSR count). The van der Waals surface area contributed by atoms with Crippen molar-refractivity contribution in [3.05, 3.63) is 53.9 Å². The van der Waals surface area contributed by atoms with Gasteiger partial charge in [0.15, 0.2) is 0 Å². The molecule has 1 saturated heterocycles. The molecular weight excluding hydrogens is 374 g/mol. The summed E-state index contributed by atoms with van der Waals surface area (Å²) in [4.78, 5) is 13.0. The predicted molar refractivity (Wildman–Crippen MR) is 109 cm³/mol. The summed E-state index contributed by atoms with van der Waals surface area (Å²) in [6.45, 7) is 4.84. The van der Waals surface area contributed by atoms with Crippen molar-refractivity contribution in [3.8, 4) is 0 Å². The number of nitrogens with one attached hydrogen (secondary N) is 1. The van der Waals surface area contributed by atoms with E-state index in [2.05, 4.69) is 36.5 Å². The zero-order chi connectivity index (χ0) is 20.3. The molecule has 2 heterocycles. The first-order valence-corrected chi connectivity index (χ1v) is 11.3. The average Bonchev–Trinajstić information content (AvgIpc) is 3.15. The smallest absolute Gasteiger partial charge is 0.244 e. The van der Waals surface area contributed by atoms with Crippen molar-refractivity contribution in [3.63, 3.8) is 0 Å². The van der Waals surface area contributed by atoms with Gasteiger partial charge < -0.3 is 9.88 Å². The van der Waals surface area contributed by atoms with E-state index in [0.29, 0.717) is 30.8 Å². The Morgan fingerprint density at radius 1 is 1.18 bits per heavy atom. The molecule has 1 aromatic carbocycles. The van der Waals surface area contributed by atoms with E-state index in [1.807, 2.05) is 6.92 Å². The Morgan fingerprint density at radius 2 is 1.82 bits per heavy atom. The molecule has 0 radical (unpaired) electrons. The number of hydrogen-bond donors (Lipinski definition) is 1. The van der Waals surface area contributed by atoms with Crippen LogP contribution in [0, 0.1) is 5.92 Å². The van der Waals surface area contributed by atoms with E-state index in [1.165, 1.54) is 9.87 Å². The van der Waals surface area contributed by atoms with Crippen LogP contribution >= 0.6 is 0 Å². The zero-order valence-electron chi connectivity index (χ0n) is 16.8. The number of piperidine rings is 1. The minimum atomic E-state index is -3.48. The molecule has 1 unspecified atom stereocenters. The summed E-state index contributed by atoms with van der Waals surface area (Å²) in [7, 11) is -1.68. The van der Waals surface area contributed by atoms with Gasteiger partial charge in [-0.1, -0.05) is 31.2 Å². The summed E-state index contributed by atoms with van der Waals surface area (Å²) in [5, 5.41) is 3.08. The Balaban J connectivity index is 1.56. The number of carbonyl (C=O) groups is 1. The van der Waals surface area contributed by atoms with Crippen molar-refractivity contribution in [2.45, 2.75) is 44.0 Å². The molecule has 1 aliphatic rings. The van der Waals surface area contributed by atoms with Crippen LogP contribution in [0.25, 0.3) is 0 Å². The molecule has 28 heavy (non-hydrogen) atoms. The molecule has 7 heteroatoms. The fourth-order valence-corrected chi connectivity index (χ4v) is 5.12. The second-order valence-electron chi connectivity index (χ2n) is 7.52. The Bertz CT molecular complexity index is 911. The minimum Gasteiger partial charge on any atom is -0.356 e. The van der Waals surface area contributed by atoms with E-state index in [-0.39, 0.29) is 17.9 Å². The van der Waals surface area contributed by atoms with Gasteiger partial charge in [0.2, 0.25) is 15.9 Å². The topological polar surface area (TPSA) is 71.4 Å². The summed E-state index contributed by atoms with van der Waals surface area (Å²) in [5.74, 6) is -0.150. The van der Waals surface area contributed by atoms with Crippen LogP contribution in [0.15, 0.2) is 47.6 Å². The molecule has 152 valence electrons. The summed E-state index contributed by atoms with van der Waals surface area (Å²) >= 11 is 0. The second kappa shape index (κ2) is 8.49. The van der Waals surface area contributed by atoms with Crippen LogP contribution in [0.5, 0.6) is 0 Å². The van der Waals surface area contributed by atoms with Crippen molar-refractivity contribution < 1.29 is 13.2 Å². The van der Waals surface area contributed by atoms with E-state index in [9.17, 15) is 13.2 Å². The van der Waals surface area contributed by atoms with E-state index in [0.717, 1.165) is 12.0 Å². The maximum atomic E-state index is 12.7. The van der Waals surface area contributed by atoms with Gasteiger partial charge in [-0.15, -0.1) is 0 Å². The minimum absolute atomic E-state index is 0.00354. The third-order valence-electron chi connectivity index (χ3n) is 5.51. The number of rotatable bonds is 6. The van der Waals surface area contributed by atoms with Gasteiger partial charge >= 0.3 is 0 Å². The van der Waals surface area contributed by atoms with Crippen molar-refractivity contribution in [1.82, 2.24) is 14.2 Å². The molecule has 1 aromatic heterocycles. The molecule has 1 amide bonds. The molecule has 6 nitrogen and oxygen atoms in total. The van der Waals surface area contributed by atoms with Gasteiger partial charge in [0, 0.05) is 38.4 Å². The van der Waals surface area contributed by atoms with Crippen molar-refractivity contribution >= 4 is 15.9 Å². The molecule has 0 saturated carbocycles. The summed E-state index contributed by atoms with van der Waals surface area (Å²) in [6.07, 6.45) is 5.41. The van der Waals surface area contributed by atoms with Crippen molar-refractivity contribution in [2.24, 2.45) is 13.0 Å². The highest BCUT2D eigenvalue weighted by atomic mass is 32.2. The first-order chi connectivity index (χ1) is 13.3. The van der Waals surface area contributed by atoms with Crippen LogP contribution in [0.1, 0.15) is 43.9 Å². The van der Waals surface area contributed by atoms with E-state index < -0.39 is 10.0 Å². The number of benzene rings is 1. The first kappa shape index (κ1) is 20.6. The maximum Gasteiger partial charge on any atom is 0.244 e. The lowest BCUT2D eigenvalue weighted by atomic mass is 9.96. The van der Waals surface area contributed by atoms with Crippen LogP contribution < -0.4 is 5.32 Å². The molecule has 1 aliphatic heterocycles. The van der Waals surface area contributed by atoms with E-state index >= 15 is 0 Å². The molecule has 2 aromatic rings. The number of aromatic nitrogens is 1. The second-order valence-corrected chi connectivity index (χ2v) is 9.45. The van der Waals surface area contributed by atoms with Gasteiger partial charge in [-0.3, -0.25) is 4.79 Å². The first-order valence-electron chi connectivity index (χ1n) is 9.82. The number of aryl methyl sites for hydroxylation is 2. The third-order valence-corrected chi connectivity index (χ3v) is 7.40. The lowest BCUT2D eigenvalue weighted by molar-refractivity contribution is -0.126. The number of nitrogens with zero attached hydrogens (tertiary/aromatic N) is 2. The highest BCUT2D eigenvalue weighted by molar-refractivity contribution is 7.89. The van der Waals surface area contributed by atoms with Crippen LogP contribution in [0.3, 0.4) is 0 Å². The molecule has 0 spiro atoms. The van der Waals surface area contributed by atoms with Crippen molar-refractivity contribution in [1.29, 1.82) is 0 Å². The van der Waals surface area contributed by atoms with Crippen molar-refractivity contribution in [2.75, 3.05) is 13.1 Å². The van der Waals surface area contributed by atoms with Crippen LogP contribution in [-0.4, -0.2) is 36.3 Å². The summed E-state index contributed by atoms with van der Waals surface area (Å²) < 4.78 is 28.6. The molecule has 1 fully saturated rings. The summed E-state index contributed by atoms with van der Waals surface area (Å²) in [5.41, 5.74) is 2.35. The fourth-order valence-electron chi connectivity index (χ4n) is 3.59. The Morgan fingerprint density at radius 3 is 2.36 bits per heavy atom. The van der Waals surface area contributed by atoms with Gasteiger partial charge in [-0.25, -0.2) is 8.42 Å². The van der Waals surface area contributed by atoms with Crippen LogP contribution in [-0.2, 0) is 28.3 Å². The molecule has 1 atom stereocenters. The molecular formula is C21H29N3O3S. The van der Waals surface area contributed by atoms with Gasteiger partial charge in [0.05, 0.1) is 10.9 Å². The SMILES string of the molecule is CCc1ccc(C(C)NC(=O)C2CCN(S(=O)(=O)c3ccn(C)c3)CC2)cc1. The van der Waals surface area contributed by atoms with Gasteiger partial charge in [-0.2, -0.15) is 4.31 Å². The fraction of sp³-hybridized carbons (Fsp3) is 0.476. The average molecular weight is 404 g/mol. The predicted octanol–water partition coefficient (Wildman–Crippen LogP) is 2.87. The zero-order valence-corrected chi connectivity index (χ0v) is 17.6. The summed E-state index contributed by atoms with van der Waals surface area (Å²) in [6, 6.07) is 9.83. The lowest BCUT2D eigenvalue weighted by Crippen LogP contribution is -2.43. The molecule has 1 N–H and O–H groups in total. The Kier molecular flexibility index (Phi) is 6.25. The van der Waals surface area contributed by atoms with Gasteiger partial charge in [0.1, 0.15) is 0 Å². The number of sulfonamides is 1. The highest BCUT2D eigenvalue weighted by Gasteiger charge is 2.32. The number of hydrogen-bond acceptors (Lipinski definition) is 3. The largest absolute Gasteiger partial charge is 0.356 e. The molecule has 0 aliphatic carbocycles. The standard InChI is InChI=1S/C21H29N3O3S/c1-4-17-5-7-18(8-6-17)16(2)22-21(25)19-9-13-24(14-10-19)28(26,27)20-11-12-23(3)15-20/h5-8,11-12,15-16,19H,4,9-10,13-14H2,1-3H3,(H,22,25). The number of amides is 1. The Labute approximate surface area is 167 Å².